The average Bonchev–Trinajstić information content (AvgIpc) is 3.15. The van der Waals surface area contributed by atoms with Crippen molar-refractivity contribution < 1.29 is 13.2 Å². The summed E-state index contributed by atoms with van der Waals surface area (Å²) >= 11 is 0. The van der Waals surface area contributed by atoms with Crippen molar-refractivity contribution >= 4 is 39.5 Å². The zero-order chi connectivity index (χ0) is 21.7. The van der Waals surface area contributed by atoms with Crippen molar-refractivity contribution in [2.45, 2.75) is 11.8 Å². The van der Waals surface area contributed by atoms with Crippen molar-refractivity contribution in [2.75, 3.05) is 5.32 Å². The Labute approximate surface area is 173 Å². The molecule has 2 aromatic carbocycles. The van der Waals surface area contributed by atoms with Crippen LogP contribution in [0.5, 0.6) is 0 Å². The van der Waals surface area contributed by atoms with Gasteiger partial charge in [0.2, 0.25) is 11.9 Å². The van der Waals surface area contributed by atoms with Crippen molar-refractivity contribution in [3.05, 3.63) is 72.6 Å². The first kappa shape index (κ1) is 20.8. The van der Waals surface area contributed by atoms with Gasteiger partial charge < -0.3 is 21.4 Å². The number of carbonyl (C=O) groups excluding carboxylic acids is 1. The monoisotopic (exact) mass is 424 g/mol. The second-order valence-electron chi connectivity index (χ2n) is 6.27. The van der Waals surface area contributed by atoms with E-state index in [1.807, 2.05) is 22.9 Å². The van der Waals surface area contributed by atoms with Crippen LogP contribution in [0.3, 0.4) is 0 Å². The molecule has 10 heteroatoms. The third-order valence-corrected chi connectivity index (χ3v) is 5.27. The molecule has 0 bridgehead atoms. The van der Waals surface area contributed by atoms with Gasteiger partial charge in [-0.25, -0.2) is 0 Å². The van der Waals surface area contributed by atoms with Crippen LogP contribution in [0.15, 0.2) is 81.1 Å². The summed E-state index contributed by atoms with van der Waals surface area (Å²) in [6.07, 6.45) is 3.53. The fourth-order valence-corrected chi connectivity index (χ4v) is 3.54. The zero-order valence-corrected chi connectivity index (χ0v) is 16.9. The van der Waals surface area contributed by atoms with Crippen LogP contribution in [-0.4, -0.2) is 31.1 Å². The number of sulfonamides is 1. The summed E-state index contributed by atoms with van der Waals surface area (Å²) in [6, 6.07) is 17.0. The predicted octanol–water partition coefficient (Wildman–Crippen LogP) is 2.15. The molecule has 0 aliphatic heterocycles. The highest BCUT2D eigenvalue weighted by molar-refractivity contribution is 7.90. The molecule has 0 aliphatic rings. The summed E-state index contributed by atoms with van der Waals surface area (Å²) in [5.74, 6) is -0.658. The fourth-order valence-electron chi connectivity index (χ4n) is 2.68. The number of nitrogens with two attached hydrogens (primary N) is 2. The lowest BCUT2D eigenvalue weighted by Gasteiger charge is -2.07. The number of carbonyl (C=O) groups is 1. The number of rotatable bonds is 6. The molecular weight excluding hydrogens is 404 g/mol. The van der Waals surface area contributed by atoms with Gasteiger partial charge in [-0.3, -0.25) is 9.79 Å². The second kappa shape index (κ2) is 8.62. The van der Waals surface area contributed by atoms with E-state index < -0.39 is 16.0 Å². The fraction of sp³-hybridized carbons (Fsp3) is 0.0500. The number of amides is 1. The number of anilines is 1. The van der Waals surface area contributed by atoms with E-state index in [1.165, 1.54) is 19.1 Å². The van der Waals surface area contributed by atoms with E-state index in [2.05, 4.69) is 14.7 Å². The molecule has 3 aromatic rings. The molecule has 30 heavy (non-hydrogen) atoms. The third-order valence-electron chi connectivity index (χ3n) is 3.95. The van der Waals surface area contributed by atoms with Crippen LogP contribution in [0.2, 0.25) is 0 Å². The van der Waals surface area contributed by atoms with E-state index in [-0.39, 0.29) is 10.8 Å². The second-order valence-corrected chi connectivity index (χ2v) is 7.88. The van der Waals surface area contributed by atoms with E-state index in [0.717, 1.165) is 17.1 Å². The normalized spacial score (nSPS) is 11.4. The molecule has 9 nitrogen and oxygen atoms in total. The lowest BCUT2D eigenvalue weighted by Crippen LogP contribution is -2.24. The van der Waals surface area contributed by atoms with E-state index in [4.69, 9.17) is 11.5 Å². The van der Waals surface area contributed by atoms with E-state index >= 15 is 0 Å². The topological polar surface area (TPSA) is 145 Å². The number of nitrogens with zero attached hydrogens (tertiary/aromatic N) is 3. The summed E-state index contributed by atoms with van der Waals surface area (Å²) < 4.78 is 29.2. The molecule has 0 aliphatic carbocycles. The van der Waals surface area contributed by atoms with Crippen molar-refractivity contribution in [1.29, 1.82) is 0 Å². The van der Waals surface area contributed by atoms with Gasteiger partial charge in [0.15, 0.2) is 0 Å². The van der Waals surface area contributed by atoms with Gasteiger partial charge in [0.1, 0.15) is 0 Å². The summed E-state index contributed by atoms with van der Waals surface area (Å²) in [5.41, 5.74) is 13.3. The number of aliphatic imine (C=N–C) groups is 1. The van der Waals surface area contributed by atoms with Crippen molar-refractivity contribution in [3.8, 4) is 5.69 Å². The Morgan fingerprint density at radius 2 is 1.70 bits per heavy atom. The molecule has 0 saturated heterocycles. The molecule has 0 saturated carbocycles. The first-order valence-electron chi connectivity index (χ1n) is 8.80. The Balaban J connectivity index is 1.81. The molecule has 154 valence electrons. The van der Waals surface area contributed by atoms with Crippen LogP contribution in [0.1, 0.15) is 12.6 Å². The highest BCUT2D eigenvalue weighted by Crippen LogP contribution is 2.19. The molecule has 0 fully saturated rings. The van der Waals surface area contributed by atoms with Crippen LogP contribution < -0.4 is 16.8 Å². The Kier molecular flexibility index (Phi) is 5.98. The number of aromatic nitrogens is 1. The molecule has 0 radical (unpaired) electrons. The van der Waals surface area contributed by atoms with Gasteiger partial charge >= 0.3 is 0 Å². The van der Waals surface area contributed by atoms with E-state index in [0.29, 0.717) is 5.69 Å². The van der Waals surface area contributed by atoms with Crippen molar-refractivity contribution in [1.82, 2.24) is 4.57 Å². The van der Waals surface area contributed by atoms with Gasteiger partial charge in [-0.05, 0) is 60.7 Å². The zero-order valence-electron chi connectivity index (χ0n) is 16.1. The Hall–Kier alpha value is -3.92. The first-order chi connectivity index (χ1) is 14.2. The molecule has 1 aromatic heterocycles. The molecule has 0 unspecified atom stereocenters. The van der Waals surface area contributed by atoms with Crippen LogP contribution in [-0.2, 0) is 14.8 Å². The molecule has 0 atom stereocenters. The summed E-state index contributed by atoms with van der Waals surface area (Å²) in [7, 11) is -3.94. The minimum Gasteiger partial charge on any atom is -0.369 e. The lowest BCUT2D eigenvalue weighted by atomic mass is 10.3. The van der Waals surface area contributed by atoms with Crippen LogP contribution in [0, 0.1) is 0 Å². The highest BCUT2D eigenvalue weighted by atomic mass is 32.2. The standard InChI is InChI=1S/C20H20N6O3S/c1-14(27)24-16-6-4-15(5-7-16)23-13-18-3-2-12-26(18)17-8-10-19(11-9-17)30(28,29)25-20(21)22/h2-13H,1H3,(H,24,27)(H4,21,22,25). The first-order valence-corrected chi connectivity index (χ1v) is 10.2. The van der Waals surface area contributed by atoms with Crippen molar-refractivity contribution in [3.63, 3.8) is 0 Å². The minimum absolute atomic E-state index is 0.0127. The highest BCUT2D eigenvalue weighted by Gasteiger charge is 2.13. The predicted molar refractivity (Wildman–Crippen MR) is 117 cm³/mol. The van der Waals surface area contributed by atoms with E-state index in [1.54, 1.807) is 42.6 Å². The Morgan fingerprint density at radius 3 is 2.30 bits per heavy atom. The molecule has 5 N–H and O–H groups in total. The molecule has 1 heterocycles. The summed E-state index contributed by atoms with van der Waals surface area (Å²) in [4.78, 5) is 15.5. The third kappa shape index (κ3) is 5.11. The maximum Gasteiger partial charge on any atom is 0.285 e. The van der Waals surface area contributed by atoms with Crippen molar-refractivity contribution in [2.24, 2.45) is 20.9 Å². The average molecular weight is 424 g/mol. The minimum atomic E-state index is -3.94. The maximum atomic E-state index is 12.1. The smallest absolute Gasteiger partial charge is 0.285 e. The number of nitrogens with one attached hydrogen (secondary N) is 1. The van der Waals surface area contributed by atoms with Crippen LogP contribution >= 0.6 is 0 Å². The van der Waals surface area contributed by atoms with Gasteiger partial charge in [0, 0.05) is 24.5 Å². The van der Waals surface area contributed by atoms with Gasteiger partial charge in [0.05, 0.1) is 22.5 Å². The molecule has 3 rings (SSSR count). The van der Waals surface area contributed by atoms with E-state index in [9.17, 15) is 13.2 Å². The number of benzene rings is 2. The van der Waals surface area contributed by atoms with Gasteiger partial charge in [-0.1, -0.05) is 0 Å². The molecule has 1 amide bonds. The number of guanidine groups is 1. The van der Waals surface area contributed by atoms with Crippen LogP contribution in [0.25, 0.3) is 5.69 Å². The van der Waals surface area contributed by atoms with Gasteiger partial charge in [-0.15, -0.1) is 4.40 Å². The summed E-state index contributed by atoms with van der Waals surface area (Å²) in [6.45, 7) is 1.45. The van der Waals surface area contributed by atoms with Gasteiger partial charge in [0.25, 0.3) is 10.0 Å². The SMILES string of the molecule is CC(=O)Nc1ccc(N=Cc2cccn2-c2ccc(S(=O)(=O)N=C(N)N)cc2)cc1. The quantitative estimate of drug-likeness (QED) is 0.410. The lowest BCUT2D eigenvalue weighted by molar-refractivity contribution is -0.114. The Morgan fingerprint density at radius 1 is 1.03 bits per heavy atom. The Bertz CT molecular complexity index is 1210. The van der Waals surface area contributed by atoms with Gasteiger partial charge in [-0.2, -0.15) is 8.42 Å². The van der Waals surface area contributed by atoms with Crippen LogP contribution in [0.4, 0.5) is 11.4 Å². The summed E-state index contributed by atoms with van der Waals surface area (Å²) in [5, 5.41) is 2.70. The molecule has 0 spiro atoms. The number of hydrogen-bond donors (Lipinski definition) is 3. The largest absolute Gasteiger partial charge is 0.369 e. The molecular formula is C20H20N6O3S. The maximum absolute atomic E-state index is 12.1. The number of hydrogen-bond acceptors (Lipinski definition) is 4.